The van der Waals surface area contributed by atoms with Gasteiger partial charge in [0.15, 0.2) is 0 Å². The van der Waals surface area contributed by atoms with E-state index >= 15 is 0 Å². The molecule has 2 heteroatoms. The molecule has 0 unspecified atom stereocenters. The van der Waals surface area contributed by atoms with Crippen LogP contribution in [0.2, 0.25) is 0 Å². The molecule has 0 aliphatic carbocycles. The quantitative estimate of drug-likeness (QED) is 0.191. The van der Waals surface area contributed by atoms with Crippen LogP contribution in [0.25, 0.3) is 44.5 Å². The minimum atomic E-state index is 0.139. The van der Waals surface area contributed by atoms with Gasteiger partial charge in [-0.1, -0.05) is 151 Å². The fraction of sp³-hybridized carbons (Fsp3) is 0. The molecule has 206 valence electrons. The summed E-state index contributed by atoms with van der Waals surface area (Å²) >= 11 is 0. The standard InChI is InChI=1S/C42H29BO/c1-3-12-30(13-4-1)31-14-9-15-32(26-31)33-16-10-17-34(27-33)35-18-11-19-36(28-35)37-24-25-40-42(29-37)44-41-23-8-7-22-39(41)43(40)38-20-5-2-6-21-38/h1-29H. The van der Waals surface area contributed by atoms with Gasteiger partial charge in [-0.2, -0.15) is 0 Å². The van der Waals surface area contributed by atoms with Gasteiger partial charge in [0.05, 0.1) is 0 Å². The minimum absolute atomic E-state index is 0.139. The predicted octanol–water partition coefficient (Wildman–Crippen LogP) is 8.98. The zero-order valence-electron chi connectivity index (χ0n) is 24.2. The fourth-order valence-corrected chi connectivity index (χ4v) is 6.41. The normalized spacial score (nSPS) is 11.8. The second-order valence-corrected chi connectivity index (χ2v) is 11.3. The van der Waals surface area contributed by atoms with Crippen molar-refractivity contribution < 1.29 is 4.74 Å². The Kier molecular flexibility index (Phi) is 6.66. The molecule has 0 bridgehead atoms. The zero-order valence-corrected chi connectivity index (χ0v) is 24.2. The fourth-order valence-electron chi connectivity index (χ4n) is 6.41. The van der Waals surface area contributed by atoms with Crippen molar-refractivity contribution in [3.63, 3.8) is 0 Å². The Morgan fingerprint density at radius 2 is 0.727 bits per heavy atom. The van der Waals surface area contributed by atoms with E-state index in [4.69, 9.17) is 4.74 Å². The van der Waals surface area contributed by atoms with E-state index in [2.05, 4.69) is 170 Å². The maximum atomic E-state index is 6.51. The molecule has 7 aromatic rings. The molecule has 0 saturated heterocycles. The van der Waals surface area contributed by atoms with Crippen LogP contribution in [0.4, 0.5) is 0 Å². The van der Waals surface area contributed by atoms with Gasteiger partial charge in [-0.25, -0.2) is 0 Å². The molecule has 0 aromatic heterocycles. The van der Waals surface area contributed by atoms with E-state index in [1.54, 1.807) is 0 Å². The van der Waals surface area contributed by atoms with Gasteiger partial charge < -0.3 is 4.74 Å². The molecule has 44 heavy (non-hydrogen) atoms. The first-order valence-corrected chi connectivity index (χ1v) is 15.1. The van der Waals surface area contributed by atoms with E-state index in [1.165, 1.54) is 55.3 Å². The van der Waals surface area contributed by atoms with Crippen LogP contribution < -0.4 is 21.1 Å². The molecule has 0 spiro atoms. The first-order valence-electron chi connectivity index (χ1n) is 15.1. The maximum absolute atomic E-state index is 6.51. The van der Waals surface area contributed by atoms with Crippen LogP contribution in [0.3, 0.4) is 0 Å². The summed E-state index contributed by atoms with van der Waals surface area (Å²) in [5.41, 5.74) is 13.2. The summed E-state index contributed by atoms with van der Waals surface area (Å²) in [7, 11) is 0. The second-order valence-electron chi connectivity index (χ2n) is 11.3. The Labute approximate surface area is 259 Å². The van der Waals surface area contributed by atoms with Gasteiger partial charge in [0.25, 0.3) is 6.71 Å². The topological polar surface area (TPSA) is 9.23 Å². The molecule has 0 atom stereocenters. The highest BCUT2D eigenvalue weighted by molar-refractivity contribution is 6.96. The van der Waals surface area contributed by atoms with Gasteiger partial charge in [-0.05, 0) is 85.8 Å². The third kappa shape index (κ3) is 4.91. The van der Waals surface area contributed by atoms with Crippen molar-refractivity contribution in [1.82, 2.24) is 0 Å². The number of rotatable bonds is 5. The van der Waals surface area contributed by atoms with Gasteiger partial charge in [0, 0.05) is 0 Å². The van der Waals surface area contributed by atoms with E-state index in [9.17, 15) is 0 Å². The molecule has 1 aliphatic heterocycles. The second kappa shape index (κ2) is 11.2. The molecule has 0 saturated carbocycles. The third-order valence-electron chi connectivity index (χ3n) is 8.60. The van der Waals surface area contributed by atoms with Crippen LogP contribution >= 0.6 is 0 Å². The smallest absolute Gasteiger partial charge is 0.250 e. The summed E-state index contributed by atoms with van der Waals surface area (Å²) in [4.78, 5) is 0. The number of fused-ring (bicyclic) bond motifs is 2. The van der Waals surface area contributed by atoms with Crippen molar-refractivity contribution in [3.8, 4) is 56.0 Å². The van der Waals surface area contributed by atoms with Gasteiger partial charge in [0.1, 0.15) is 11.5 Å². The van der Waals surface area contributed by atoms with Crippen LogP contribution in [0, 0.1) is 0 Å². The van der Waals surface area contributed by atoms with Crippen molar-refractivity contribution in [3.05, 3.63) is 176 Å². The van der Waals surface area contributed by atoms with E-state index < -0.39 is 0 Å². The van der Waals surface area contributed by atoms with Crippen LogP contribution in [0.1, 0.15) is 0 Å². The van der Waals surface area contributed by atoms with Crippen molar-refractivity contribution in [2.45, 2.75) is 0 Å². The summed E-state index contributed by atoms with van der Waals surface area (Å²) in [6.07, 6.45) is 0. The van der Waals surface area contributed by atoms with Crippen LogP contribution in [0.5, 0.6) is 11.5 Å². The summed E-state index contributed by atoms with van der Waals surface area (Å²) in [5.74, 6) is 1.84. The third-order valence-corrected chi connectivity index (χ3v) is 8.60. The average Bonchev–Trinajstić information content (AvgIpc) is 3.11. The Balaban J connectivity index is 1.14. The van der Waals surface area contributed by atoms with E-state index in [0.717, 1.165) is 17.1 Å². The lowest BCUT2D eigenvalue weighted by atomic mass is 9.36. The molecule has 0 radical (unpaired) electrons. The maximum Gasteiger partial charge on any atom is 0.250 e. The largest absolute Gasteiger partial charge is 0.458 e. The van der Waals surface area contributed by atoms with E-state index in [-0.39, 0.29) is 6.71 Å². The van der Waals surface area contributed by atoms with E-state index in [1.807, 2.05) is 6.07 Å². The van der Waals surface area contributed by atoms with Crippen molar-refractivity contribution in [2.24, 2.45) is 0 Å². The predicted molar refractivity (Wildman–Crippen MR) is 186 cm³/mol. The molecule has 1 nitrogen and oxygen atoms in total. The molecule has 1 heterocycles. The molecule has 8 rings (SSSR count). The van der Waals surface area contributed by atoms with Gasteiger partial charge in [-0.3, -0.25) is 0 Å². The molecular formula is C42H29BO. The van der Waals surface area contributed by atoms with Crippen molar-refractivity contribution in [1.29, 1.82) is 0 Å². The Morgan fingerprint density at radius 3 is 1.32 bits per heavy atom. The lowest BCUT2D eigenvalue weighted by Crippen LogP contribution is -2.54. The first-order chi connectivity index (χ1) is 21.8. The number of hydrogen-bond acceptors (Lipinski definition) is 1. The number of benzene rings is 7. The van der Waals surface area contributed by atoms with Crippen molar-refractivity contribution >= 4 is 23.1 Å². The lowest BCUT2D eigenvalue weighted by Gasteiger charge is -2.27. The molecule has 0 N–H and O–H groups in total. The van der Waals surface area contributed by atoms with Gasteiger partial charge >= 0.3 is 0 Å². The zero-order chi connectivity index (χ0) is 29.3. The summed E-state index contributed by atoms with van der Waals surface area (Å²) in [6, 6.07) is 62.8. The number of hydrogen-bond donors (Lipinski definition) is 0. The summed E-state index contributed by atoms with van der Waals surface area (Å²) in [5, 5.41) is 0. The SMILES string of the molecule is c1ccc(B2c3ccccc3Oc3cc(-c4cccc(-c5cccc(-c6cccc(-c7ccccc7)c6)c5)c4)ccc32)cc1. The first kappa shape index (κ1) is 26.1. The molecular weight excluding hydrogens is 531 g/mol. The summed E-state index contributed by atoms with van der Waals surface area (Å²) < 4.78 is 6.51. The molecule has 7 aromatic carbocycles. The molecule has 0 fully saturated rings. The number of ether oxygens (including phenoxy) is 1. The Hall–Kier alpha value is -5.60. The Bertz CT molecular complexity index is 2100. The molecule has 0 amide bonds. The highest BCUT2D eigenvalue weighted by Crippen LogP contribution is 2.33. The highest BCUT2D eigenvalue weighted by atomic mass is 16.5. The minimum Gasteiger partial charge on any atom is -0.458 e. The Morgan fingerprint density at radius 1 is 0.295 bits per heavy atom. The van der Waals surface area contributed by atoms with Crippen molar-refractivity contribution in [2.75, 3.05) is 0 Å². The molecule has 1 aliphatic rings. The number of para-hydroxylation sites is 1. The van der Waals surface area contributed by atoms with Crippen LogP contribution in [-0.2, 0) is 0 Å². The van der Waals surface area contributed by atoms with E-state index in [0.29, 0.717) is 0 Å². The van der Waals surface area contributed by atoms with Crippen LogP contribution in [-0.4, -0.2) is 6.71 Å². The lowest BCUT2D eigenvalue weighted by molar-refractivity contribution is 0.487. The monoisotopic (exact) mass is 560 g/mol. The van der Waals surface area contributed by atoms with Gasteiger partial charge in [0.2, 0.25) is 0 Å². The highest BCUT2D eigenvalue weighted by Gasteiger charge is 2.32. The summed E-state index contributed by atoms with van der Waals surface area (Å²) in [6.45, 7) is 0.139. The van der Waals surface area contributed by atoms with Gasteiger partial charge in [-0.15, -0.1) is 0 Å². The average molecular weight is 561 g/mol. The van der Waals surface area contributed by atoms with Crippen LogP contribution in [0.15, 0.2) is 176 Å².